The minimum absolute atomic E-state index is 1.11. The Balaban J connectivity index is 1.54. The summed E-state index contributed by atoms with van der Waals surface area (Å²) in [7, 11) is 0. The van der Waals surface area contributed by atoms with E-state index in [4.69, 9.17) is 0 Å². The molecule has 0 unspecified atom stereocenters. The van der Waals surface area contributed by atoms with Crippen molar-refractivity contribution in [2.45, 2.75) is 0 Å². The van der Waals surface area contributed by atoms with Crippen LogP contribution in [0, 0.1) is 0 Å². The summed E-state index contributed by atoms with van der Waals surface area (Å²) >= 11 is 0. The van der Waals surface area contributed by atoms with E-state index in [0.29, 0.717) is 0 Å². The third-order valence-corrected chi connectivity index (χ3v) is 6.50. The highest BCUT2D eigenvalue weighted by atomic mass is 14.7. The van der Waals surface area contributed by atoms with Gasteiger partial charge in [-0.15, -0.1) is 0 Å². The van der Waals surface area contributed by atoms with Gasteiger partial charge < -0.3 is 15.0 Å². The molecule has 3 nitrogen and oxygen atoms in total. The van der Waals surface area contributed by atoms with Crippen LogP contribution >= 0.6 is 0 Å². The molecule has 0 atom stereocenters. The molecule has 0 fully saturated rings. The van der Waals surface area contributed by atoms with Crippen molar-refractivity contribution in [3.63, 3.8) is 0 Å². The van der Waals surface area contributed by atoms with Gasteiger partial charge in [0.05, 0.1) is 0 Å². The maximum atomic E-state index is 3.67. The van der Waals surface area contributed by atoms with Gasteiger partial charge in [0.25, 0.3) is 0 Å². The number of para-hydroxylation sites is 3. The Hall–Kier alpha value is -4.50. The van der Waals surface area contributed by atoms with Crippen molar-refractivity contribution in [3.05, 3.63) is 109 Å². The molecule has 7 rings (SSSR count). The van der Waals surface area contributed by atoms with E-state index in [1.807, 2.05) is 0 Å². The van der Waals surface area contributed by atoms with Gasteiger partial charge in [-0.1, -0.05) is 72.8 Å². The second-order valence-electron chi connectivity index (χ2n) is 8.54. The predicted molar refractivity (Wildman–Crippen MR) is 138 cm³/mol. The standard InChI is InChI=1S/C30H21N3/c1-4-13-24-19(8-1)16-27(31-24)22-11-7-12-23(28-17-20-9-2-5-14-25(20)32-28)30(22)29-18-21-10-3-6-15-26(21)33-29/h1-18,31-33H. The lowest BCUT2D eigenvalue weighted by molar-refractivity contribution is 1.39. The SMILES string of the molecule is c1cc(-c2cc3ccccc3[nH]2)c(-c2cc3ccccc3[nH]2)c(-c2cc3ccccc3[nH]2)c1. The summed E-state index contributed by atoms with van der Waals surface area (Å²) in [5.41, 5.74) is 10.3. The molecule has 0 spiro atoms. The number of aromatic amines is 3. The van der Waals surface area contributed by atoms with Crippen molar-refractivity contribution in [2.75, 3.05) is 0 Å². The summed E-state index contributed by atoms with van der Waals surface area (Å²) in [6.07, 6.45) is 0. The molecular weight excluding hydrogens is 402 g/mol. The first-order chi connectivity index (χ1) is 16.3. The Labute approximate surface area is 190 Å². The zero-order valence-corrected chi connectivity index (χ0v) is 17.9. The monoisotopic (exact) mass is 423 g/mol. The lowest BCUT2D eigenvalue weighted by Crippen LogP contribution is -1.91. The van der Waals surface area contributed by atoms with Crippen LogP contribution in [0.2, 0.25) is 0 Å². The smallest absolute Gasteiger partial charge is 0.0478 e. The average molecular weight is 424 g/mol. The maximum Gasteiger partial charge on any atom is 0.0478 e. The van der Waals surface area contributed by atoms with Crippen molar-refractivity contribution in [3.8, 4) is 33.8 Å². The molecule has 7 aromatic rings. The lowest BCUT2D eigenvalue weighted by atomic mass is 9.94. The largest absolute Gasteiger partial charge is 0.355 e. The Morgan fingerprint density at radius 3 is 1.21 bits per heavy atom. The molecule has 0 saturated carbocycles. The van der Waals surface area contributed by atoms with E-state index in [1.54, 1.807) is 0 Å². The molecule has 33 heavy (non-hydrogen) atoms. The van der Waals surface area contributed by atoms with E-state index >= 15 is 0 Å². The van der Waals surface area contributed by atoms with Gasteiger partial charge in [-0.3, -0.25) is 0 Å². The highest BCUT2D eigenvalue weighted by Gasteiger charge is 2.18. The topological polar surface area (TPSA) is 47.4 Å². The predicted octanol–water partition coefficient (Wildman–Crippen LogP) is 8.13. The van der Waals surface area contributed by atoms with Gasteiger partial charge in [-0.25, -0.2) is 0 Å². The summed E-state index contributed by atoms with van der Waals surface area (Å²) < 4.78 is 0. The van der Waals surface area contributed by atoms with E-state index in [1.165, 1.54) is 32.8 Å². The van der Waals surface area contributed by atoms with Crippen LogP contribution in [-0.2, 0) is 0 Å². The summed E-state index contributed by atoms with van der Waals surface area (Å²) in [6, 6.07) is 38.6. The minimum atomic E-state index is 1.11. The normalized spacial score (nSPS) is 11.6. The van der Waals surface area contributed by atoms with Gasteiger partial charge in [-0.05, 0) is 36.4 Å². The van der Waals surface area contributed by atoms with E-state index in [2.05, 4.69) is 124 Å². The molecule has 0 radical (unpaired) electrons. The molecule has 4 aromatic carbocycles. The van der Waals surface area contributed by atoms with Crippen LogP contribution in [0.25, 0.3) is 66.5 Å². The Bertz CT molecular complexity index is 1590. The third-order valence-electron chi connectivity index (χ3n) is 6.50. The van der Waals surface area contributed by atoms with Crippen LogP contribution in [0.5, 0.6) is 0 Å². The Morgan fingerprint density at radius 2 is 0.758 bits per heavy atom. The fourth-order valence-corrected chi connectivity index (χ4v) is 4.94. The molecule has 3 aromatic heterocycles. The molecule has 3 heterocycles. The molecular formula is C30H21N3. The first-order valence-corrected chi connectivity index (χ1v) is 11.2. The molecule has 3 N–H and O–H groups in total. The zero-order chi connectivity index (χ0) is 21.8. The fraction of sp³-hybridized carbons (Fsp3) is 0. The Morgan fingerprint density at radius 1 is 0.364 bits per heavy atom. The van der Waals surface area contributed by atoms with Gasteiger partial charge in [-0.2, -0.15) is 0 Å². The molecule has 0 aliphatic carbocycles. The molecule has 0 aliphatic rings. The molecule has 0 aliphatic heterocycles. The number of fused-ring (bicyclic) bond motifs is 3. The van der Waals surface area contributed by atoms with Crippen molar-refractivity contribution in [1.29, 1.82) is 0 Å². The summed E-state index contributed by atoms with van der Waals surface area (Å²) in [5, 5.41) is 3.64. The lowest BCUT2D eigenvalue weighted by Gasteiger charge is -2.13. The van der Waals surface area contributed by atoms with E-state index in [-0.39, 0.29) is 0 Å². The van der Waals surface area contributed by atoms with E-state index in [0.717, 1.165) is 33.6 Å². The van der Waals surface area contributed by atoms with Crippen LogP contribution in [0.3, 0.4) is 0 Å². The first kappa shape index (κ1) is 18.1. The maximum absolute atomic E-state index is 3.67. The van der Waals surface area contributed by atoms with Gasteiger partial charge in [0, 0.05) is 66.5 Å². The van der Waals surface area contributed by atoms with E-state index < -0.39 is 0 Å². The molecule has 156 valence electrons. The number of hydrogen-bond acceptors (Lipinski definition) is 0. The highest BCUT2D eigenvalue weighted by Crippen LogP contribution is 2.41. The van der Waals surface area contributed by atoms with Gasteiger partial charge >= 0.3 is 0 Å². The fourth-order valence-electron chi connectivity index (χ4n) is 4.94. The minimum Gasteiger partial charge on any atom is -0.355 e. The van der Waals surface area contributed by atoms with Crippen molar-refractivity contribution < 1.29 is 0 Å². The van der Waals surface area contributed by atoms with Crippen molar-refractivity contribution in [2.24, 2.45) is 0 Å². The number of hydrogen-bond donors (Lipinski definition) is 3. The first-order valence-electron chi connectivity index (χ1n) is 11.2. The molecule has 0 amide bonds. The molecule has 0 bridgehead atoms. The summed E-state index contributed by atoms with van der Waals surface area (Å²) in [4.78, 5) is 10.9. The summed E-state index contributed by atoms with van der Waals surface area (Å²) in [6.45, 7) is 0. The van der Waals surface area contributed by atoms with Crippen LogP contribution in [0.15, 0.2) is 109 Å². The van der Waals surface area contributed by atoms with Gasteiger partial charge in [0.15, 0.2) is 0 Å². The highest BCUT2D eigenvalue weighted by molar-refractivity contribution is 6.00. The molecule has 3 heteroatoms. The number of aromatic nitrogens is 3. The second-order valence-corrected chi connectivity index (χ2v) is 8.54. The quantitative estimate of drug-likeness (QED) is 0.257. The summed E-state index contributed by atoms with van der Waals surface area (Å²) in [5.74, 6) is 0. The second kappa shape index (κ2) is 7.01. The van der Waals surface area contributed by atoms with E-state index in [9.17, 15) is 0 Å². The van der Waals surface area contributed by atoms with Gasteiger partial charge in [0.2, 0.25) is 0 Å². The number of rotatable bonds is 3. The van der Waals surface area contributed by atoms with Crippen LogP contribution in [0.4, 0.5) is 0 Å². The number of H-pyrrole nitrogens is 3. The zero-order valence-electron chi connectivity index (χ0n) is 17.9. The van der Waals surface area contributed by atoms with Crippen molar-refractivity contribution in [1.82, 2.24) is 15.0 Å². The average Bonchev–Trinajstić information content (AvgIpc) is 3.59. The van der Waals surface area contributed by atoms with Crippen molar-refractivity contribution >= 4 is 32.7 Å². The number of nitrogens with one attached hydrogen (secondary N) is 3. The Kier molecular flexibility index (Phi) is 3.84. The van der Waals surface area contributed by atoms with Crippen LogP contribution in [0.1, 0.15) is 0 Å². The number of benzene rings is 4. The van der Waals surface area contributed by atoms with Gasteiger partial charge in [0.1, 0.15) is 0 Å². The molecule has 0 saturated heterocycles. The third kappa shape index (κ3) is 2.90. The van der Waals surface area contributed by atoms with Crippen LogP contribution < -0.4 is 0 Å². The van der Waals surface area contributed by atoms with Crippen LogP contribution in [-0.4, -0.2) is 15.0 Å².